The molecule has 2 aromatic rings. The van der Waals surface area contributed by atoms with Crippen molar-refractivity contribution in [3.05, 3.63) is 68.7 Å². The van der Waals surface area contributed by atoms with E-state index in [1.165, 1.54) is 0 Å². The molecular weight excluding hydrogens is 303 g/mol. The topological polar surface area (TPSA) is 38.0 Å². The lowest BCUT2D eigenvalue weighted by atomic mass is 9.99. The van der Waals surface area contributed by atoms with Gasteiger partial charge in [-0.2, -0.15) is 0 Å². The minimum Gasteiger partial charge on any atom is -0.271 e. The van der Waals surface area contributed by atoms with Crippen molar-refractivity contribution < 1.29 is 0 Å². The van der Waals surface area contributed by atoms with Crippen molar-refractivity contribution in [2.24, 2.45) is 5.84 Å². The van der Waals surface area contributed by atoms with E-state index in [1.807, 2.05) is 36.4 Å². The van der Waals surface area contributed by atoms with Crippen LogP contribution in [-0.2, 0) is 6.42 Å². The molecule has 0 aliphatic heterocycles. The average Bonchev–Trinajstić information content (AvgIpc) is 2.42. The van der Waals surface area contributed by atoms with Gasteiger partial charge in [-0.15, -0.1) is 0 Å². The van der Waals surface area contributed by atoms with E-state index in [4.69, 9.17) is 40.6 Å². The Hall–Kier alpha value is -0.770. The third-order valence-electron chi connectivity index (χ3n) is 2.91. The number of rotatable bonds is 4. The van der Waals surface area contributed by atoms with Crippen LogP contribution >= 0.6 is 34.8 Å². The van der Waals surface area contributed by atoms with Gasteiger partial charge in [0.15, 0.2) is 0 Å². The van der Waals surface area contributed by atoms with Gasteiger partial charge >= 0.3 is 0 Å². The molecule has 100 valence electrons. The van der Waals surface area contributed by atoms with Crippen LogP contribution in [0.2, 0.25) is 15.1 Å². The van der Waals surface area contributed by atoms with Crippen molar-refractivity contribution in [3.8, 4) is 0 Å². The summed E-state index contributed by atoms with van der Waals surface area (Å²) in [7, 11) is 0. The number of nitrogens with two attached hydrogens (primary N) is 1. The zero-order chi connectivity index (χ0) is 13.8. The van der Waals surface area contributed by atoms with E-state index in [-0.39, 0.29) is 6.04 Å². The minimum atomic E-state index is -0.104. The molecule has 0 radical (unpaired) electrons. The molecule has 0 saturated heterocycles. The lowest BCUT2D eigenvalue weighted by Crippen LogP contribution is -2.29. The SMILES string of the molecule is NNC(Cc1ccc(Cl)cc1)c1cccc(Cl)c1Cl. The Labute approximate surface area is 127 Å². The van der Waals surface area contributed by atoms with E-state index < -0.39 is 0 Å². The number of benzene rings is 2. The Balaban J connectivity index is 2.25. The molecule has 1 unspecified atom stereocenters. The van der Waals surface area contributed by atoms with Crippen LogP contribution in [0.15, 0.2) is 42.5 Å². The van der Waals surface area contributed by atoms with E-state index in [1.54, 1.807) is 6.07 Å². The first kappa shape index (κ1) is 14.6. The Morgan fingerprint density at radius 2 is 1.68 bits per heavy atom. The van der Waals surface area contributed by atoms with Crippen molar-refractivity contribution in [2.45, 2.75) is 12.5 Å². The molecule has 0 aliphatic carbocycles. The molecule has 2 rings (SSSR count). The first-order valence-electron chi connectivity index (χ1n) is 5.76. The third-order valence-corrected chi connectivity index (χ3v) is 4.00. The number of hydrazine groups is 1. The molecule has 0 aromatic heterocycles. The summed E-state index contributed by atoms with van der Waals surface area (Å²) in [6.07, 6.45) is 0.702. The van der Waals surface area contributed by atoms with Crippen LogP contribution < -0.4 is 11.3 Å². The second kappa shape index (κ2) is 6.60. The molecule has 2 nitrogen and oxygen atoms in total. The van der Waals surface area contributed by atoms with Crippen LogP contribution in [0.3, 0.4) is 0 Å². The normalized spacial score (nSPS) is 12.4. The molecule has 0 amide bonds. The number of hydrogen-bond acceptors (Lipinski definition) is 2. The first-order chi connectivity index (χ1) is 9.11. The quantitative estimate of drug-likeness (QED) is 0.648. The maximum absolute atomic E-state index is 6.21. The van der Waals surface area contributed by atoms with Gasteiger partial charge in [-0.25, -0.2) is 0 Å². The Bertz CT molecular complexity index is 555. The molecular formula is C14H13Cl3N2. The van der Waals surface area contributed by atoms with Crippen LogP contribution in [0.5, 0.6) is 0 Å². The van der Waals surface area contributed by atoms with E-state index in [0.717, 1.165) is 11.1 Å². The van der Waals surface area contributed by atoms with Gasteiger partial charge in [-0.1, -0.05) is 59.1 Å². The highest BCUT2D eigenvalue weighted by molar-refractivity contribution is 6.42. The van der Waals surface area contributed by atoms with E-state index in [9.17, 15) is 0 Å². The van der Waals surface area contributed by atoms with Crippen LogP contribution in [-0.4, -0.2) is 0 Å². The van der Waals surface area contributed by atoms with E-state index in [0.29, 0.717) is 21.5 Å². The molecule has 1 atom stereocenters. The third kappa shape index (κ3) is 3.62. The predicted octanol–water partition coefficient (Wildman–Crippen LogP) is 4.39. The van der Waals surface area contributed by atoms with Crippen molar-refractivity contribution in [1.29, 1.82) is 0 Å². The van der Waals surface area contributed by atoms with Crippen molar-refractivity contribution in [1.82, 2.24) is 5.43 Å². The van der Waals surface area contributed by atoms with Gasteiger partial charge in [0.2, 0.25) is 0 Å². The number of nitrogens with one attached hydrogen (secondary N) is 1. The van der Waals surface area contributed by atoms with Gasteiger partial charge in [0.1, 0.15) is 0 Å². The van der Waals surface area contributed by atoms with Gasteiger partial charge in [-0.05, 0) is 35.7 Å². The Morgan fingerprint density at radius 1 is 1.00 bits per heavy atom. The van der Waals surface area contributed by atoms with Crippen LogP contribution in [0, 0.1) is 0 Å². The summed E-state index contributed by atoms with van der Waals surface area (Å²) in [5, 5.41) is 1.76. The van der Waals surface area contributed by atoms with Crippen LogP contribution in [0.25, 0.3) is 0 Å². The van der Waals surface area contributed by atoms with Crippen LogP contribution in [0.1, 0.15) is 17.2 Å². The molecule has 2 aromatic carbocycles. The highest BCUT2D eigenvalue weighted by Crippen LogP contribution is 2.31. The second-order valence-electron chi connectivity index (χ2n) is 4.19. The molecule has 19 heavy (non-hydrogen) atoms. The van der Waals surface area contributed by atoms with Crippen molar-refractivity contribution >= 4 is 34.8 Å². The lowest BCUT2D eigenvalue weighted by Gasteiger charge is -2.18. The Kier molecular flexibility index (Phi) is 5.08. The molecule has 0 aliphatic rings. The fraction of sp³-hybridized carbons (Fsp3) is 0.143. The van der Waals surface area contributed by atoms with Crippen LogP contribution in [0.4, 0.5) is 0 Å². The summed E-state index contributed by atoms with van der Waals surface area (Å²) >= 11 is 18.1. The number of hydrogen-bond donors (Lipinski definition) is 2. The minimum absolute atomic E-state index is 0.104. The standard InChI is InChI=1S/C14H13Cl3N2/c15-10-6-4-9(5-7-10)8-13(19-18)11-2-1-3-12(16)14(11)17/h1-7,13,19H,8,18H2. The van der Waals surface area contributed by atoms with Gasteiger partial charge in [0.25, 0.3) is 0 Å². The van der Waals surface area contributed by atoms with E-state index >= 15 is 0 Å². The summed E-state index contributed by atoms with van der Waals surface area (Å²) in [4.78, 5) is 0. The zero-order valence-electron chi connectivity index (χ0n) is 10.0. The summed E-state index contributed by atoms with van der Waals surface area (Å²) in [5.41, 5.74) is 4.77. The molecule has 3 N–H and O–H groups in total. The first-order valence-corrected chi connectivity index (χ1v) is 6.89. The lowest BCUT2D eigenvalue weighted by molar-refractivity contribution is 0.552. The monoisotopic (exact) mass is 314 g/mol. The fourth-order valence-corrected chi connectivity index (χ4v) is 2.47. The summed E-state index contributed by atoms with van der Waals surface area (Å²) in [6, 6.07) is 13.0. The highest BCUT2D eigenvalue weighted by atomic mass is 35.5. The summed E-state index contributed by atoms with van der Waals surface area (Å²) in [6.45, 7) is 0. The summed E-state index contributed by atoms with van der Waals surface area (Å²) in [5.74, 6) is 5.62. The highest BCUT2D eigenvalue weighted by Gasteiger charge is 2.15. The van der Waals surface area contributed by atoms with Crippen molar-refractivity contribution in [3.63, 3.8) is 0 Å². The predicted molar refractivity (Wildman–Crippen MR) is 81.7 cm³/mol. The fourth-order valence-electron chi connectivity index (χ4n) is 1.90. The maximum atomic E-state index is 6.21. The largest absolute Gasteiger partial charge is 0.271 e. The van der Waals surface area contributed by atoms with Gasteiger partial charge in [0.05, 0.1) is 16.1 Å². The zero-order valence-corrected chi connectivity index (χ0v) is 12.3. The summed E-state index contributed by atoms with van der Waals surface area (Å²) < 4.78 is 0. The molecule has 0 saturated carbocycles. The molecule has 0 spiro atoms. The molecule has 5 heteroatoms. The van der Waals surface area contributed by atoms with Crippen molar-refractivity contribution in [2.75, 3.05) is 0 Å². The second-order valence-corrected chi connectivity index (χ2v) is 5.41. The molecule has 0 heterocycles. The Morgan fingerprint density at radius 3 is 2.32 bits per heavy atom. The van der Waals surface area contributed by atoms with E-state index in [2.05, 4.69) is 5.43 Å². The number of halogens is 3. The molecule has 0 bridgehead atoms. The van der Waals surface area contributed by atoms with Gasteiger partial charge in [0, 0.05) is 5.02 Å². The smallest absolute Gasteiger partial charge is 0.0640 e. The van der Waals surface area contributed by atoms with Gasteiger partial charge in [-0.3, -0.25) is 11.3 Å². The van der Waals surface area contributed by atoms with Gasteiger partial charge < -0.3 is 0 Å². The maximum Gasteiger partial charge on any atom is 0.0640 e. The molecule has 0 fully saturated rings. The average molecular weight is 316 g/mol.